The van der Waals surface area contributed by atoms with E-state index in [0.717, 1.165) is 5.76 Å². The van der Waals surface area contributed by atoms with Gasteiger partial charge in [0, 0.05) is 0 Å². The topological polar surface area (TPSA) is 13.1 Å². The lowest BCUT2D eigenvalue weighted by molar-refractivity contribution is 0.516. The fourth-order valence-corrected chi connectivity index (χ4v) is 3.56. The third-order valence-corrected chi connectivity index (χ3v) is 4.00. The SMILES string of the molecule is Cc1cc(C)c(C(Br)c2occc2C)c(C)c1. The quantitative estimate of drug-likeness (QED) is 0.710. The van der Waals surface area contributed by atoms with Crippen molar-refractivity contribution in [1.29, 1.82) is 0 Å². The van der Waals surface area contributed by atoms with Crippen LogP contribution in [-0.2, 0) is 0 Å². The number of hydrogen-bond acceptors (Lipinski definition) is 1. The second-order valence-corrected chi connectivity index (χ2v) is 5.56. The Hall–Kier alpha value is -1.02. The van der Waals surface area contributed by atoms with Crippen LogP contribution in [0, 0.1) is 27.7 Å². The van der Waals surface area contributed by atoms with E-state index in [1.165, 1.54) is 27.8 Å². The first-order chi connectivity index (χ1) is 8.00. The van der Waals surface area contributed by atoms with E-state index < -0.39 is 0 Å². The van der Waals surface area contributed by atoms with Gasteiger partial charge >= 0.3 is 0 Å². The van der Waals surface area contributed by atoms with Crippen LogP contribution in [0.2, 0.25) is 0 Å². The van der Waals surface area contributed by atoms with E-state index in [1.54, 1.807) is 6.26 Å². The van der Waals surface area contributed by atoms with Gasteiger partial charge in [-0.15, -0.1) is 0 Å². The molecule has 0 bridgehead atoms. The van der Waals surface area contributed by atoms with E-state index in [2.05, 4.69) is 55.8 Å². The summed E-state index contributed by atoms with van der Waals surface area (Å²) in [6.45, 7) is 8.51. The van der Waals surface area contributed by atoms with Gasteiger partial charge < -0.3 is 4.42 Å². The van der Waals surface area contributed by atoms with Gasteiger partial charge in [0.05, 0.1) is 11.1 Å². The lowest BCUT2D eigenvalue weighted by Crippen LogP contribution is -2.00. The zero-order valence-electron chi connectivity index (χ0n) is 10.7. The molecule has 0 saturated heterocycles. The average molecular weight is 293 g/mol. The van der Waals surface area contributed by atoms with Crippen LogP contribution in [0.4, 0.5) is 0 Å². The minimum absolute atomic E-state index is 0.137. The lowest BCUT2D eigenvalue weighted by Gasteiger charge is -2.16. The van der Waals surface area contributed by atoms with Crippen LogP contribution in [0.3, 0.4) is 0 Å². The maximum atomic E-state index is 5.57. The van der Waals surface area contributed by atoms with E-state index in [4.69, 9.17) is 4.42 Å². The summed E-state index contributed by atoms with van der Waals surface area (Å²) in [6, 6.07) is 6.44. The van der Waals surface area contributed by atoms with Crippen molar-refractivity contribution in [2.75, 3.05) is 0 Å². The largest absolute Gasteiger partial charge is 0.468 e. The lowest BCUT2D eigenvalue weighted by atomic mass is 9.95. The zero-order valence-corrected chi connectivity index (χ0v) is 12.3. The molecule has 0 fully saturated rings. The average Bonchev–Trinajstić information content (AvgIpc) is 2.62. The highest BCUT2D eigenvalue weighted by molar-refractivity contribution is 9.09. The molecule has 17 heavy (non-hydrogen) atoms. The molecule has 0 aliphatic rings. The van der Waals surface area contributed by atoms with Gasteiger partial charge in [-0.2, -0.15) is 0 Å². The van der Waals surface area contributed by atoms with Gasteiger partial charge in [-0.3, -0.25) is 0 Å². The van der Waals surface area contributed by atoms with Crippen LogP contribution < -0.4 is 0 Å². The van der Waals surface area contributed by atoms with Crippen molar-refractivity contribution in [3.63, 3.8) is 0 Å². The molecule has 0 aliphatic carbocycles. The Bertz CT molecular complexity index is 517. The molecule has 0 saturated carbocycles. The normalized spacial score (nSPS) is 12.8. The number of halogens is 1. The van der Waals surface area contributed by atoms with Crippen LogP contribution in [-0.4, -0.2) is 0 Å². The van der Waals surface area contributed by atoms with Gasteiger partial charge in [0.25, 0.3) is 0 Å². The summed E-state index contributed by atoms with van der Waals surface area (Å²) in [4.78, 5) is 0.137. The van der Waals surface area contributed by atoms with Gasteiger partial charge in [0.15, 0.2) is 0 Å². The van der Waals surface area contributed by atoms with E-state index in [-0.39, 0.29) is 4.83 Å². The number of alkyl halides is 1. The number of benzene rings is 1. The molecule has 1 heterocycles. The van der Waals surface area contributed by atoms with Crippen molar-refractivity contribution >= 4 is 15.9 Å². The Balaban J connectivity index is 2.51. The summed E-state index contributed by atoms with van der Waals surface area (Å²) in [6.07, 6.45) is 1.75. The molecule has 1 atom stereocenters. The van der Waals surface area contributed by atoms with Gasteiger partial charge in [-0.25, -0.2) is 0 Å². The van der Waals surface area contributed by atoms with Gasteiger partial charge in [0.2, 0.25) is 0 Å². The predicted molar refractivity (Wildman–Crippen MR) is 74.9 cm³/mol. The first-order valence-electron chi connectivity index (χ1n) is 5.76. The molecule has 0 aliphatic heterocycles. The highest BCUT2D eigenvalue weighted by Gasteiger charge is 2.19. The van der Waals surface area contributed by atoms with Crippen molar-refractivity contribution in [2.24, 2.45) is 0 Å². The first kappa shape index (κ1) is 12.4. The van der Waals surface area contributed by atoms with Crippen molar-refractivity contribution in [3.8, 4) is 0 Å². The van der Waals surface area contributed by atoms with Crippen LogP contribution >= 0.6 is 15.9 Å². The summed E-state index contributed by atoms with van der Waals surface area (Å²) in [5, 5.41) is 0. The highest BCUT2D eigenvalue weighted by Crippen LogP contribution is 2.37. The van der Waals surface area contributed by atoms with Crippen LogP contribution in [0.5, 0.6) is 0 Å². The second-order valence-electron chi connectivity index (χ2n) is 4.64. The highest BCUT2D eigenvalue weighted by atomic mass is 79.9. The molecule has 90 valence electrons. The number of aryl methyl sites for hydroxylation is 4. The van der Waals surface area contributed by atoms with E-state index >= 15 is 0 Å². The smallest absolute Gasteiger partial charge is 0.124 e. The summed E-state index contributed by atoms with van der Waals surface area (Å²) in [5.74, 6) is 1.00. The Labute approximate surface area is 111 Å². The fraction of sp³-hybridized carbons (Fsp3) is 0.333. The van der Waals surface area contributed by atoms with Gasteiger partial charge in [0.1, 0.15) is 5.76 Å². The van der Waals surface area contributed by atoms with Crippen LogP contribution in [0.25, 0.3) is 0 Å². The standard InChI is InChI=1S/C15H17BrO/c1-9-7-11(3)13(12(4)8-9)14(16)15-10(2)5-6-17-15/h5-8,14H,1-4H3. The number of rotatable bonds is 2. The minimum atomic E-state index is 0.137. The number of hydrogen-bond donors (Lipinski definition) is 0. The van der Waals surface area contributed by atoms with Crippen molar-refractivity contribution in [3.05, 3.63) is 58.0 Å². The van der Waals surface area contributed by atoms with E-state index in [0.29, 0.717) is 0 Å². The van der Waals surface area contributed by atoms with Crippen molar-refractivity contribution in [2.45, 2.75) is 32.5 Å². The molecule has 0 radical (unpaired) electrons. The Kier molecular flexibility index (Phi) is 3.43. The third-order valence-electron chi connectivity index (χ3n) is 3.12. The molecule has 0 spiro atoms. The Morgan fingerprint density at radius 2 is 1.59 bits per heavy atom. The predicted octanol–water partition coefficient (Wildman–Crippen LogP) is 5.00. The molecule has 1 aromatic carbocycles. The molecule has 0 N–H and O–H groups in total. The summed E-state index contributed by atoms with van der Waals surface area (Å²) in [7, 11) is 0. The fourth-order valence-electron chi connectivity index (χ4n) is 2.37. The molecule has 2 aromatic rings. The molecular weight excluding hydrogens is 276 g/mol. The molecule has 1 nitrogen and oxygen atoms in total. The molecule has 2 heteroatoms. The number of furan rings is 1. The summed E-state index contributed by atoms with van der Waals surface area (Å²) in [5.41, 5.74) is 6.42. The van der Waals surface area contributed by atoms with E-state index in [1.807, 2.05) is 6.07 Å². The van der Waals surface area contributed by atoms with E-state index in [9.17, 15) is 0 Å². The maximum absolute atomic E-state index is 5.57. The monoisotopic (exact) mass is 292 g/mol. The Morgan fingerprint density at radius 1 is 1.00 bits per heavy atom. The maximum Gasteiger partial charge on any atom is 0.124 e. The minimum Gasteiger partial charge on any atom is -0.468 e. The van der Waals surface area contributed by atoms with Crippen LogP contribution in [0.1, 0.15) is 38.4 Å². The molecule has 2 rings (SSSR count). The third kappa shape index (κ3) is 2.32. The second kappa shape index (κ2) is 4.69. The molecule has 1 aromatic heterocycles. The van der Waals surface area contributed by atoms with Crippen molar-refractivity contribution < 1.29 is 4.42 Å². The molecule has 0 amide bonds. The first-order valence-corrected chi connectivity index (χ1v) is 6.68. The van der Waals surface area contributed by atoms with Gasteiger partial charge in [-0.05, 0) is 56.0 Å². The van der Waals surface area contributed by atoms with Crippen LogP contribution in [0.15, 0.2) is 28.9 Å². The molecular formula is C15H17BrO. The molecule has 1 unspecified atom stereocenters. The van der Waals surface area contributed by atoms with Gasteiger partial charge in [-0.1, -0.05) is 33.6 Å². The summed E-state index contributed by atoms with van der Waals surface area (Å²) >= 11 is 3.76. The van der Waals surface area contributed by atoms with Crippen molar-refractivity contribution in [1.82, 2.24) is 0 Å². The zero-order chi connectivity index (χ0) is 12.6. The Morgan fingerprint density at radius 3 is 2.06 bits per heavy atom. The summed E-state index contributed by atoms with van der Waals surface area (Å²) < 4.78 is 5.57.